The molecule has 0 atom stereocenters. The lowest BCUT2D eigenvalue weighted by atomic mass is 10.1. The SMILES string of the molecule is CCOC(=O)c1cc2cc(c1)OC2. The Morgan fingerprint density at radius 3 is 3.08 bits per heavy atom. The highest BCUT2D eigenvalue weighted by Crippen LogP contribution is 2.25. The lowest BCUT2D eigenvalue weighted by Crippen LogP contribution is -2.03. The lowest BCUT2D eigenvalue weighted by molar-refractivity contribution is 0.0526. The molecule has 0 aromatic heterocycles. The van der Waals surface area contributed by atoms with Gasteiger partial charge in [-0.2, -0.15) is 0 Å². The fraction of sp³-hybridized carbons (Fsp3) is 0.300. The summed E-state index contributed by atoms with van der Waals surface area (Å²) in [6, 6.07) is 5.42. The van der Waals surface area contributed by atoms with Crippen molar-refractivity contribution < 1.29 is 14.3 Å². The van der Waals surface area contributed by atoms with Crippen LogP contribution in [0.25, 0.3) is 0 Å². The van der Waals surface area contributed by atoms with Gasteiger partial charge in [0.05, 0.1) is 12.2 Å². The van der Waals surface area contributed by atoms with Crippen LogP contribution in [-0.4, -0.2) is 12.6 Å². The summed E-state index contributed by atoms with van der Waals surface area (Å²) >= 11 is 0. The van der Waals surface area contributed by atoms with Gasteiger partial charge in [-0.1, -0.05) is 0 Å². The van der Waals surface area contributed by atoms with Crippen LogP contribution in [0.1, 0.15) is 22.8 Å². The second-order valence-electron chi connectivity index (χ2n) is 2.87. The summed E-state index contributed by atoms with van der Waals surface area (Å²) in [5.74, 6) is 0.469. The number of carbonyl (C=O) groups is 1. The molecule has 13 heavy (non-hydrogen) atoms. The second kappa shape index (κ2) is 3.09. The van der Waals surface area contributed by atoms with Crippen LogP contribution in [0.15, 0.2) is 18.2 Å². The third-order valence-corrected chi connectivity index (χ3v) is 1.88. The minimum absolute atomic E-state index is 0.281. The van der Waals surface area contributed by atoms with E-state index in [0.29, 0.717) is 18.8 Å². The van der Waals surface area contributed by atoms with E-state index in [0.717, 1.165) is 11.3 Å². The van der Waals surface area contributed by atoms with E-state index in [1.807, 2.05) is 6.07 Å². The van der Waals surface area contributed by atoms with Crippen LogP contribution in [0, 0.1) is 0 Å². The first-order valence-corrected chi connectivity index (χ1v) is 4.23. The van der Waals surface area contributed by atoms with Gasteiger partial charge in [-0.15, -0.1) is 0 Å². The predicted octanol–water partition coefficient (Wildman–Crippen LogP) is 1.76. The Labute approximate surface area is 76.3 Å². The van der Waals surface area contributed by atoms with Gasteiger partial charge in [0.25, 0.3) is 0 Å². The molecule has 2 rings (SSSR count). The Hall–Kier alpha value is -1.51. The molecule has 0 fully saturated rings. The highest BCUT2D eigenvalue weighted by atomic mass is 16.5. The van der Waals surface area contributed by atoms with E-state index in [1.165, 1.54) is 0 Å². The van der Waals surface area contributed by atoms with Crippen LogP contribution in [0.3, 0.4) is 0 Å². The molecule has 1 aliphatic heterocycles. The Kier molecular flexibility index (Phi) is 1.93. The molecule has 1 aromatic rings. The highest BCUT2D eigenvalue weighted by Gasteiger charge is 2.14. The van der Waals surface area contributed by atoms with Crippen LogP contribution >= 0.6 is 0 Å². The van der Waals surface area contributed by atoms with Crippen molar-refractivity contribution in [3.63, 3.8) is 0 Å². The number of hydrogen-bond donors (Lipinski definition) is 0. The molecule has 0 spiro atoms. The Balaban J connectivity index is 2.27. The van der Waals surface area contributed by atoms with Gasteiger partial charge in [0, 0.05) is 0 Å². The summed E-state index contributed by atoms with van der Waals surface area (Å²) in [6.45, 7) is 2.76. The van der Waals surface area contributed by atoms with E-state index in [9.17, 15) is 4.79 Å². The molecular formula is C10H10O3. The summed E-state index contributed by atoms with van der Waals surface area (Å²) in [5, 5.41) is 0. The molecule has 1 aliphatic rings. The quantitative estimate of drug-likeness (QED) is 0.647. The third-order valence-electron chi connectivity index (χ3n) is 1.88. The predicted molar refractivity (Wildman–Crippen MR) is 46.7 cm³/mol. The largest absolute Gasteiger partial charge is 0.489 e. The molecule has 3 nitrogen and oxygen atoms in total. The van der Waals surface area contributed by atoms with E-state index in [1.54, 1.807) is 19.1 Å². The fourth-order valence-corrected chi connectivity index (χ4v) is 1.33. The highest BCUT2D eigenvalue weighted by molar-refractivity contribution is 5.90. The molecule has 0 radical (unpaired) electrons. The Morgan fingerprint density at radius 1 is 1.54 bits per heavy atom. The first kappa shape index (κ1) is 8.10. The molecule has 0 unspecified atom stereocenters. The molecule has 1 heterocycles. The molecule has 0 saturated carbocycles. The maximum atomic E-state index is 11.3. The van der Waals surface area contributed by atoms with Crippen LogP contribution in [0.2, 0.25) is 0 Å². The zero-order chi connectivity index (χ0) is 9.26. The maximum Gasteiger partial charge on any atom is 0.338 e. The molecule has 0 amide bonds. The van der Waals surface area contributed by atoms with Crippen molar-refractivity contribution in [2.24, 2.45) is 0 Å². The maximum absolute atomic E-state index is 11.3. The van der Waals surface area contributed by atoms with E-state index < -0.39 is 0 Å². The topological polar surface area (TPSA) is 35.5 Å². The Bertz CT molecular complexity index is 322. The number of hydrogen-bond acceptors (Lipinski definition) is 3. The lowest BCUT2D eigenvalue weighted by Gasteiger charge is -2.00. The normalized spacial score (nSPS) is 12.4. The third kappa shape index (κ3) is 1.49. The molecular weight excluding hydrogens is 168 g/mol. The van der Waals surface area contributed by atoms with Gasteiger partial charge in [-0.3, -0.25) is 0 Å². The molecule has 68 valence electrons. The zero-order valence-corrected chi connectivity index (χ0v) is 7.37. The molecule has 0 aliphatic carbocycles. The number of rotatable bonds is 2. The molecule has 0 saturated heterocycles. The molecule has 1 aromatic carbocycles. The molecule has 2 bridgehead atoms. The monoisotopic (exact) mass is 178 g/mol. The van der Waals surface area contributed by atoms with Gasteiger partial charge in [-0.25, -0.2) is 4.79 Å². The van der Waals surface area contributed by atoms with Gasteiger partial charge in [0.15, 0.2) is 0 Å². The minimum atomic E-state index is -0.281. The number of ether oxygens (including phenoxy) is 2. The summed E-state index contributed by atoms with van der Waals surface area (Å²) in [6.07, 6.45) is 0. The zero-order valence-electron chi connectivity index (χ0n) is 7.37. The smallest absolute Gasteiger partial charge is 0.338 e. The van der Waals surface area contributed by atoms with E-state index in [-0.39, 0.29) is 5.97 Å². The van der Waals surface area contributed by atoms with Crippen molar-refractivity contribution in [3.8, 4) is 5.75 Å². The first-order chi connectivity index (χ1) is 6.29. The second-order valence-corrected chi connectivity index (χ2v) is 2.87. The Morgan fingerprint density at radius 2 is 2.38 bits per heavy atom. The van der Waals surface area contributed by atoms with Crippen LogP contribution in [-0.2, 0) is 11.3 Å². The first-order valence-electron chi connectivity index (χ1n) is 4.23. The van der Waals surface area contributed by atoms with Crippen LogP contribution < -0.4 is 4.74 Å². The van der Waals surface area contributed by atoms with Gasteiger partial charge in [0.1, 0.15) is 12.4 Å². The summed E-state index contributed by atoms with van der Waals surface area (Å²) in [7, 11) is 0. The number of benzene rings is 1. The average Bonchev–Trinajstić information content (AvgIpc) is 2.46. The fourth-order valence-electron chi connectivity index (χ4n) is 1.33. The van der Waals surface area contributed by atoms with Crippen LogP contribution in [0.5, 0.6) is 5.75 Å². The minimum Gasteiger partial charge on any atom is -0.489 e. The van der Waals surface area contributed by atoms with Crippen LogP contribution in [0.4, 0.5) is 0 Å². The van der Waals surface area contributed by atoms with Crippen molar-refractivity contribution in [3.05, 3.63) is 29.3 Å². The van der Waals surface area contributed by atoms with Gasteiger partial charge in [-0.05, 0) is 30.7 Å². The van der Waals surface area contributed by atoms with E-state index >= 15 is 0 Å². The number of carbonyl (C=O) groups excluding carboxylic acids is 1. The van der Waals surface area contributed by atoms with Crippen molar-refractivity contribution in [1.82, 2.24) is 0 Å². The summed E-state index contributed by atoms with van der Waals surface area (Å²) in [4.78, 5) is 11.3. The molecule has 0 N–H and O–H groups in total. The van der Waals surface area contributed by atoms with Gasteiger partial charge in [0.2, 0.25) is 0 Å². The molecule has 3 heteroatoms. The summed E-state index contributed by atoms with van der Waals surface area (Å²) < 4.78 is 10.1. The standard InChI is InChI=1S/C10H10O3/c1-2-12-10(11)8-3-7-4-9(5-8)13-6-7/h3-5H,2,6H2,1H3. The van der Waals surface area contributed by atoms with E-state index in [4.69, 9.17) is 9.47 Å². The number of esters is 1. The van der Waals surface area contributed by atoms with Crippen molar-refractivity contribution in [1.29, 1.82) is 0 Å². The average molecular weight is 178 g/mol. The number of fused-ring (bicyclic) bond motifs is 2. The van der Waals surface area contributed by atoms with Crippen molar-refractivity contribution in [2.45, 2.75) is 13.5 Å². The van der Waals surface area contributed by atoms with Gasteiger partial charge < -0.3 is 9.47 Å². The summed E-state index contributed by atoms with van der Waals surface area (Å²) in [5.41, 5.74) is 1.60. The van der Waals surface area contributed by atoms with Gasteiger partial charge >= 0.3 is 5.97 Å². The van der Waals surface area contributed by atoms with E-state index in [2.05, 4.69) is 0 Å². The van der Waals surface area contributed by atoms with Crippen molar-refractivity contribution >= 4 is 5.97 Å². The van der Waals surface area contributed by atoms with Crippen molar-refractivity contribution in [2.75, 3.05) is 6.61 Å².